The van der Waals surface area contributed by atoms with Gasteiger partial charge in [0.1, 0.15) is 6.17 Å². The van der Waals surface area contributed by atoms with Crippen molar-refractivity contribution >= 4 is 5.91 Å². The van der Waals surface area contributed by atoms with Crippen LogP contribution in [0.1, 0.15) is 58.9 Å². The molecule has 0 bridgehead atoms. The number of benzene rings is 2. The highest BCUT2D eigenvalue weighted by Gasteiger charge is 2.49. The van der Waals surface area contributed by atoms with Crippen LogP contribution in [0, 0.1) is 11.6 Å². The molecular formula is C26H23F2N3O3. The third-order valence-electron chi connectivity index (χ3n) is 7.07. The van der Waals surface area contributed by atoms with Gasteiger partial charge in [-0.25, -0.2) is 8.78 Å². The van der Waals surface area contributed by atoms with E-state index in [1.54, 1.807) is 4.90 Å². The first-order chi connectivity index (χ1) is 16.5. The first kappa shape index (κ1) is 20.9. The predicted octanol–water partition coefficient (Wildman–Crippen LogP) is 3.84. The molecule has 1 aromatic heterocycles. The van der Waals surface area contributed by atoms with Crippen LogP contribution in [0.15, 0.2) is 59.5 Å². The van der Waals surface area contributed by atoms with Crippen molar-refractivity contribution in [1.82, 2.24) is 9.58 Å². The number of fused-ring (bicyclic) bond motifs is 4. The van der Waals surface area contributed by atoms with E-state index in [0.717, 1.165) is 18.4 Å². The van der Waals surface area contributed by atoms with Crippen LogP contribution in [0.2, 0.25) is 0 Å². The predicted molar refractivity (Wildman–Crippen MR) is 121 cm³/mol. The largest absolute Gasteiger partial charge is 0.502 e. The first-order valence-electron chi connectivity index (χ1n) is 11.5. The van der Waals surface area contributed by atoms with Gasteiger partial charge in [0.15, 0.2) is 23.1 Å². The summed E-state index contributed by atoms with van der Waals surface area (Å²) in [6, 6.07) is 12.6. The number of halogens is 2. The number of nitrogens with zero attached hydrogens (tertiary/aromatic N) is 3. The van der Waals surface area contributed by atoms with Gasteiger partial charge >= 0.3 is 0 Å². The maximum Gasteiger partial charge on any atom is 0.278 e. The molecule has 3 heterocycles. The number of pyridine rings is 1. The van der Waals surface area contributed by atoms with Crippen molar-refractivity contribution in [3.63, 3.8) is 0 Å². The van der Waals surface area contributed by atoms with Crippen LogP contribution in [-0.2, 0) is 6.42 Å². The van der Waals surface area contributed by atoms with Crippen molar-refractivity contribution in [1.29, 1.82) is 0 Å². The quantitative estimate of drug-likeness (QED) is 0.627. The lowest BCUT2D eigenvalue weighted by atomic mass is 9.88. The molecule has 1 fully saturated rings. The Kier molecular flexibility index (Phi) is 4.72. The van der Waals surface area contributed by atoms with Gasteiger partial charge in [-0.2, -0.15) is 0 Å². The fraction of sp³-hybridized carbons (Fsp3) is 0.308. The Morgan fingerprint density at radius 3 is 2.41 bits per heavy atom. The number of hydrogen-bond acceptors (Lipinski definition) is 4. The van der Waals surface area contributed by atoms with Gasteiger partial charge in [-0.05, 0) is 60.9 Å². The van der Waals surface area contributed by atoms with Gasteiger partial charge in [-0.1, -0.05) is 30.3 Å². The van der Waals surface area contributed by atoms with Gasteiger partial charge in [0, 0.05) is 18.3 Å². The van der Waals surface area contributed by atoms with Crippen molar-refractivity contribution in [2.45, 2.75) is 50.4 Å². The van der Waals surface area contributed by atoms with Crippen LogP contribution in [0.5, 0.6) is 5.75 Å². The minimum Gasteiger partial charge on any atom is -0.502 e. The van der Waals surface area contributed by atoms with E-state index >= 15 is 0 Å². The minimum atomic E-state index is -0.938. The zero-order chi connectivity index (χ0) is 23.6. The summed E-state index contributed by atoms with van der Waals surface area (Å²) in [5, 5.41) is 12.6. The minimum absolute atomic E-state index is 0.0173. The Labute approximate surface area is 194 Å². The average Bonchev–Trinajstić information content (AvgIpc) is 3.65. The molecule has 1 N–H and O–H groups in total. The Hall–Kier alpha value is -3.68. The standard InChI is InChI=1S/C26H23F2N3O3/c27-19-13-16-7-4-8-22-30(17-9-10-17)26(34)24-25(33)21(32)11-12-29(24)31(22)23(18(16)14-20(19)28)15-5-2-1-3-6-15/h1-3,5-6,11-14,17,22-23,33H,4,7-10H2/t22?,23-/m1/s1. The molecule has 2 aromatic carbocycles. The molecule has 174 valence electrons. The molecule has 3 aromatic rings. The van der Waals surface area contributed by atoms with Gasteiger partial charge in [0.05, 0.1) is 6.04 Å². The fourth-order valence-electron chi connectivity index (χ4n) is 5.43. The maximum absolute atomic E-state index is 14.6. The average molecular weight is 463 g/mol. The highest BCUT2D eigenvalue weighted by atomic mass is 19.2. The monoisotopic (exact) mass is 463 g/mol. The van der Waals surface area contributed by atoms with Crippen LogP contribution in [0.25, 0.3) is 0 Å². The molecular weight excluding hydrogens is 440 g/mol. The highest BCUT2D eigenvalue weighted by Crippen LogP contribution is 2.43. The Morgan fingerprint density at radius 2 is 1.68 bits per heavy atom. The summed E-state index contributed by atoms with van der Waals surface area (Å²) in [5.41, 5.74) is 1.40. The lowest BCUT2D eigenvalue weighted by molar-refractivity contribution is 0.0505. The fourth-order valence-corrected chi connectivity index (χ4v) is 5.43. The van der Waals surface area contributed by atoms with Gasteiger partial charge in [0.25, 0.3) is 5.91 Å². The number of carbonyl (C=O) groups excluding carboxylic acids is 1. The number of aromatic hydroxyl groups is 1. The molecule has 1 unspecified atom stereocenters. The lowest BCUT2D eigenvalue weighted by Gasteiger charge is -2.51. The summed E-state index contributed by atoms with van der Waals surface area (Å²) in [6.45, 7) is 0. The van der Waals surface area contributed by atoms with Crippen LogP contribution < -0.4 is 10.4 Å². The van der Waals surface area contributed by atoms with Crippen molar-refractivity contribution in [3.05, 3.63) is 99.0 Å². The number of carbonyl (C=O) groups is 1. The molecule has 1 amide bonds. The van der Waals surface area contributed by atoms with Crippen molar-refractivity contribution < 1.29 is 18.7 Å². The summed E-state index contributed by atoms with van der Waals surface area (Å²) in [6.07, 6.45) is 4.63. The summed E-state index contributed by atoms with van der Waals surface area (Å²) < 4.78 is 30.4. The van der Waals surface area contributed by atoms with E-state index in [1.807, 2.05) is 35.3 Å². The number of hydrogen-bond donors (Lipinski definition) is 1. The van der Waals surface area contributed by atoms with Crippen LogP contribution in [-0.4, -0.2) is 32.8 Å². The van der Waals surface area contributed by atoms with E-state index in [-0.39, 0.29) is 23.8 Å². The number of rotatable bonds is 2. The molecule has 1 aliphatic carbocycles. The van der Waals surface area contributed by atoms with Crippen molar-refractivity contribution in [2.75, 3.05) is 5.01 Å². The number of aryl methyl sites for hydroxylation is 1. The zero-order valence-electron chi connectivity index (χ0n) is 18.3. The van der Waals surface area contributed by atoms with Gasteiger partial charge < -0.3 is 10.0 Å². The summed E-state index contributed by atoms with van der Waals surface area (Å²) in [5.74, 6) is -2.81. The topological polar surface area (TPSA) is 65.8 Å². The van der Waals surface area contributed by atoms with Crippen molar-refractivity contribution in [2.24, 2.45) is 0 Å². The number of aromatic nitrogens is 1. The molecule has 2 aliphatic heterocycles. The Balaban J connectivity index is 1.67. The van der Waals surface area contributed by atoms with E-state index in [1.165, 1.54) is 29.1 Å². The molecule has 8 heteroatoms. The van der Waals surface area contributed by atoms with E-state index in [9.17, 15) is 23.5 Å². The third kappa shape index (κ3) is 3.12. The van der Waals surface area contributed by atoms with Gasteiger partial charge in [-0.3, -0.25) is 19.3 Å². The summed E-state index contributed by atoms with van der Waals surface area (Å²) in [4.78, 5) is 27.7. The second-order valence-electron chi connectivity index (χ2n) is 9.20. The second-order valence-corrected chi connectivity index (χ2v) is 9.20. The number of amides is 1. The molecule has 3 aliphatic rings. The zero-order valence-corrected chi connectivity index (χ0v) is 18.3. The van der Waals surface area contributed by atoms with E-state index in [2.05, 4.69) is 0 Å². The van der Waals surface area contributed by atoms with E-state index in [4.69, 9.17) is 0 Å². The van der Waals surface area contributed by atoms with E-state index in [0.29, 0.717) is 30.4 Å². The molecule has 34 heavy (non-hydrogen) atoms. The van der Waals surface area contributed by atoms with Crippen LogP contribution in [0.3, 0.4) is 0 Å². The smallest absolute Gasteiger partial charge is 0.278 e. The summed E-state index contributed by atoms with van der Waals surface area (Å²) >= 11 is 0. The molecule has 1 saturated carbocycles. The second kappa shape index (κ2) is 7.68. The molecule has 6 nitrogen and oxygen atoms in total. The van der Waals surface area contributed by atoms with Crippen molar-refractivity contribution in [3.8, 4) is 5.75 Å². The molecule has 0 spiro atoms. The van der Waals surface area contributed by atoms with Crippen LogP contribution >= 0.6 is 0 Å². The Bertz CT molecular complexity index is 1350. The molecule has 0 saturated heterocycles. The normalized spacial score (nSPS) is 21.9. The van der Waals surface area contributed by atoms with Crippen LogP contribution in [0.4, 0.5) is 8.78 Å². The third-order valence-corrected chi connectivity index (χ3v) is 7.07. The molecule has 2 atom stereocenters. The molecule has 0 radical (unpaired) electrons. The van der Waals surface area contributed by atoms with E-state index < -0.39 is 28.9 Å². The first-order valence-corrected chi connectivity index (χ1v) is 11.5. The van der Waals surface area contributed by atoms with Gasteiger partial charge in [0.2, 0.25) is 5.43 Å². The highest BCUT2D eigenvalue weighted by molar-refractivity contribution is 5.97. The summed E-state index contributed by atoms with van der Waals surface area (Å²) in [7, 11) is 0. The SMILES string of the molecule is O=C1c2c(O)c(=O)ccn2N2C(CCCc3cc(F)c(F)cc3[C@H]2c2ccccc2)N1C1CC1. The molecule has 6 rings (SSSR count). The van der Waals surface area contributed by atoms with Gasteiger partial charge in [-0.15, -0.1) is 0 Å². The Morgan fingerprint density at radius 1 is 0.941 bits per heavy atom. The lowest BCUT2D eigenvalue weighted by Crippen LogP contribution is -2.63. The maximum atomic E-state index is 14.6.